The van der Waals surface area contributed by atoms with E-state index in [1.165, 1.54) is 32.2 Å². The Hall–Kier alpha value is -1.36. The molecule has 0 aliphatic heterocycles. The zero-order valence-corrected chi connectivity index (χ0v) is 16.6. The number of hydrogen-bond acceptors (Lipinski definition) is 6. The van der Waals surface area contributed by atoms with Crippen molar-refractivity contribution >= 4 is 25.7 Å². The zero-order chi connectivity index (χ0) is 19.3. The minimum absolute atomic E-state index is 0.0435. The van der Waals surface area contributed by atoms with Crippen LogP contribution in [0.15, 0.2) is 23.1 Å². The molecule has 0 radical (unpaired) electrons. The average Bonchev–Trinajstić information content (AvgIpc) is 2.59. The topological polar surface area (TPSA) is 128 Å². The molecule has 0 amide bonds. The molecule has 0 spiro atoms. The van der Waals surface area contributed by atoms with Gasteiger partial charge in [-0.05, 0) is 31.9 Å². The van der Waals surface area contributed by atoms with Crippen LogP contribution in [0.1, 0.15) is 33.6 Å². The first-order chi connectivity index (χ1) is 11.6. The van der Waals surface area contributed by atoms with E-state index in [0.29, 0.717) is 12.8 Å². The summed E-state index contributed by atoms with van der Waals surface area (Å²) in [4.78, 5) is -0.0748. The van der Waals surface area contributed by atoms with E-state index in [-0.39, 0.29) is 28.6 Å². The number of hydrogen-bond donors (Lipinski definition) is 3. The number of sulfonamides is 2. The molecule has 10 heteroatoms. The molecule has 1 rings (SSSR count). The standard InChI is InChI=1S/C15H27N3O5S2/c1-5-15(6-2,11-16)18-25(21,22)14-9-8-12(10-13(14)23-4)17-24(19,20)7-3/h8-10,17-18H,5-7,11,16H2,1-4H3. The molecular formula is C15H27N3O5S2. The minimum atomic E-state index is -3.90. The smallest absolute Gasteiger partial charge is 0.244 e. The molecule has 0 saturated heterocycles. The third-order valence-corrected chi connectivity index (χ3v) is 7.13. The van der Waals surface area contributed by atoms with Crippen molar-refractivity contribution in [3.63, 3.8) is 0 Å². The highest BCUT2D eigenvalue weighted by atomic mass is 32.2. The number of nitrogens with two attached hydrogens (primary N) is 1. The van der Waals surface area contributed by atoms with Crippen LogP contribution in [0.4, 0.5) is 5.69 Å². The lowest BCUT2D eigenvalue weighted by atomic mass is 9.95. The minimum Gasteiger partial charge on any atom is -0.495 e. The molecule has 25 heavy (non-hydrogen) atoms. The van der Waals surface area contributed by atoms with Crippen molar-refractivity contribution in [2.45, 2.75) is 44.0 Å². The van der Waals surface area contributed by atoms with Gasteiger partial charge >= 0.3 is 0 Å². The summed E-state index contributed by atoms with van der Waals surface area (Å²) in [6.45, 7) is 5.39. The number of benzene rings is 1. The maximum absolute atomic E-state index is 12.8. The van der Waals surface area contributed by atoms with Crippen LogP contribution in [0.3, 0.4) is 0 Å². The van der Waals surface area contributed by atoms with Gasteiger partial charge in [-0.1, -0.05) is 13.8 Å². The van der Waals surface area contributed by atoms with Gasteiger partial charge in [0.1, 0.15) is 10.6 Å². The largest absolute Gasteiger partial charge is 0.495 e. The Labute approximate surface area is 150 Å². The Morgan fingerprint density at radius 3 is 2.16 bits per heavy atom. The third kappa shape index (κ3) is 5.30. The van der Waals surface area contributed by atoms with Crippen LogP contribution in [-0.4, -0.2) is 41.8 Å². The average molecular weight is 394 g/mol. The second-order valence-corrected chi connectivity index (χ2v) is 9.33. The molecule has 0 aromatic heterocycles. The van der Waals surface area contributed by atoms with Crippen molar-refractivity contribution in [1.82, 2.24) is 4.72 Å². The fourth-order valence-corrected chi connectivity index (χ4v) is 4.61. The Balaban J connectivity index is 3.28. The molecule has 0 aliphatic rings. The van der Waals surface area contributed by atoms with E-state index >= 15 is 0 Å². The fraction of sp³-hybridized carbons (Fsp3) is 0.600. The summed E-state index contributed by atoms with van der Waals surface area (Å²) < 4.78 is 59.0. The molecular weight excluding hydrogens is 366 g/mol. The summed E-state index contributed by atoms with van der Waals surface area (Å²) in [5.74, 6) is -0.0509. The van der Waals surface area contributed by atoms with Gasteiger partial charge in [-0.25, -0.2) is 21.6 Å². The molecule has 1 aromatic rings. The van der Waals surface area contributed by atoms with E-state index in [1.54, 1.807) is 0 Å². The van der Waals surface area contributed by atoms with Crippen LogP contribution in [0, 0.1) is 0 Å². The highest BCUT2D eigenvalue weighted by Gasteiger charge is 2.32. The normalized spacial score (nSPS) is 12.8. The van der Waals surface area contributed by atoms with Crippen LogP contribution in [0.5, 0.6) is 5.75 Å². The number of anilines is 1. The van der Waals surface area contributed by atoms with Crippen LogP contribution >= 0.6 is 0 Å². The summed E-state index contributed by atoms with van der Waals surface area (Å²) in [6.07, 6.45) is 1.08. The van der Waals surface area contributed by atoms with E-state index < -0.39 is 25.6 Å². The number of ether oxygens (including phenoxy) is 1. The number of nitrogens with one attached hydrogen (secondary N) is 2. The second-order valence-electron chi connectivity index (χ2n) is 5.67. The SMILES string of the molecule is CCC(CC)(CN)NS(=O)(=O)c1ccc(NS(=O)(=O)CC)cc1OC. The quantitative estimate of drug-likeness (QED) is 0.549. The van der Waals surface area contributed by atoms with Gasteiger partial charge in [0.15, 0.2) is 0 Å². The van der Waals surface area contributed by atoms with Gasteiger partial charge in [0, 0.05) is 18.2 Å². The van der Waals surface area contributed by atoms with Gasteiger partial charge < -0.3 is 10.5 Å². The van der Waals surface area contributed by atoms with Crippen molar-refractivity contribution in [2.75, 3.05) is 24.1 Å². The zero-order valence-electron chi connectivity index (χ0n) is 15.0. The van der Waals surface area contributed by atoms with Crippen LogP contribution in [0.2, 0.25) is 0 Å². The molecule has 0 bridgehead atoms. The lowest BCUT2D eigenvalue weighted by Gasteiger charge is -2.31. The van der Waals surface area contributed by atoms with E-state index in [0.717, 1.165) is 0 Å². The van der Waals surface area contributed by atoms with Crippen molar-refractivity contribution in [2.24, 2.45) is 5.73 Å². The highest BCUT2D eigenvalue weighted by molar-refractivity contribution is 7.92. The van der Waals surface area contributed by atoms with Gasteiger partial charge in [0.25, 0.3) is 0 Å². The molecule has 0 heterocycles. The molecule has 0 atom stereocenters. The summed E-state index contributed by atoms with van der Waals surface area (Å²) in [6, 6.07) is 4.03. The molecule has 1 aromatic carbocycles. The first kappa shape index (κ1) is 21.7. The van der Waals surface area contributed by atoms with E-state index in [4.69, 9.17) is 10.5 Å². The maximum atomic E-state index is 12.8. The molecule has 8 nitrogen and oxygen atoms in total. The Kier molecular flexibility index (Phi) is 7.24. The van der Waals surface area contributed by atoms with Crippen molar-refractivity contribution in [3.8, 4) is 5.75 Å². The van der Waals surface area contributed by atoms with Crippen LogP contribution < -0.4 is 19.9 Å². The summed E-state index contributed by atoms with van der Waals surface area (Å²) in [5.41, 5.74) is 5.25. The molecule has 0 saturated carbocycles. The predicted octanol–water partition coefficient (Wildman–Crippen LogP) is 1.25. The second kappa shape index (κ2) is 8.35. The molecule has 0 aliphatic carbocycles. The Morgan fingerprint density at radius 1 is 1.12 bits per heavy atom. The molecule has 0 unspecified atom stereocenters. The van der Waals surface area contributed by atoms with Crippen molar-refractivity contribution < 1.29 is 21.6 Å². The van der Waals surface area contributed by atoms with Gasteiger partial charge in [-0.2, -0.15) is 0 Å². The van der Waals surface area contributed by atoms with E-state index in [9.17, 15) is 16.8 Å². The van der Waals surface area contributed by atoms with Crippen molar-refractivity contribution in [1.29, 1.82) is 0 Å². The van der Waals surface area contributed by atoms with Gasteiger partial charge in [-0.15, -0.1) is 0 Å². The summed E-state index contributed by atoms with van der Waals surface area (Å²) in [5, 5.41) is 0. The lowest BCUT2D eigenvalue weighted by molar-refractivity contribution is 0.360. The van der Waals surface area contributed by atoms with Gasteiger partial charge in [0.2, 0.25) is 20.0 Å². The molecule has 144 valence electrons. The van der Waals surface area contributed by atoms with Crippen molar-refractivity contribution in [3.05, 3.63) is 18.2 Å². The third-order valence-electron chi connectivity index (χ3n) is 4.20. The van der Waals surface area contributed by atoms with Crippen LogP contribution in [0.25, 0.3) is 0 Å². The van der Waals surface area contributed by atoms with E-state index in [1.807, 2.05) is 13.8 Å². The summed E-state index contributed by atoms with van der Waals surface area (Å²) in [7, 11) is -6.05. The monoisotopic (exact) mass is 393 g/mol. The molecule has 0 fully saturated rings. The first-order valence-corrected chi connectivity index (χ1v) is 11.1. The first-order valence-electron chi connectivity index (χ1n) is 8.01. The highest BCUT2D eigenvalue weighted by Crippen LogP contribution is 2.29. The predicted molar refractivity (Wildman–Crippen MR) is 98.8 cm³/mol. The van der Waals surface area contributed by atoms with Crippen LogP contribution in [-0.2, 0) is 20.0 Å². The maximum Gasteiger partial charge on any atom is 0.244 e. The summed E-state index contributed by atoms with van der Waals surface area (Å²) >= 11 is 0. The van der Waals surface area contributed by atoms with Gasteiger partial charge in [0.05, 0.1) is 18.6 Å². The van der Waals surface area contributed by atoms with Gasteiger partial charge in [-0.3, -0.25) is 4.72 Å². The number of rotatable bonds is 10. The Bertz CT molecular complexity index is 779. The molecule has 4 N–H and O–H groups in total. The Morgan fingerprint density at radius 2 is 1.72 bits per heavy atom. The fourth-order valence-electron chi connectivity index (χ4n) is 2.27. The lowest BCUT2D eigenvalue weighted by Crippen LogP contribution is -2.52. The number of methoxy groups -OCH3 is 1. The van der Waals surface area contributed by atoms with E-state index in [2.05, 4.69) is 9.44 Å².